The lowest BCUT2D eigenvalue weighted by Gasteiger charge is -2.19. The van der Waals surface area contributed by atoms with E-state index in [-0.39, 0.29) is 0 Å². The predicted molar refractivity (Wildman–Crippen MR) is 62.7 cm³/mol. The van der Waals surface area contributed by atoms with Gasteiger partial charge in [0.05, 0.1) is 13.2 Å². The van der Waals surface area contributed by atoms with Gasteiger partial charge in [0.1, 0.15) is 12.0 Å². The number of aryl methyl sites for hydroxylation is 1. The third-order valence-electron chi connectivity index (χ3n) is 2.81. The number of benzene rings is 1. The van der Waals surface area contributed by atoms with Crippen molar-refractivity contribution < 1.29 is 9.53 Å². The Morgan fingerprint density at radius 1 is 1.50 bits per heavy atom. The summed E-state index contributed by atoms with van der Waals surface area (Å²) in [6.45, 7) is 2.12. The fourth-order valence-electron chi connectivity index (χ4n) is 2.02. The van der Waals surface area contributed by atoms with Crippen LogP contribution in [0.1, 0.15) is 17.5 Å². The molecule has 1 heterocycles. The highest BCUT2D eigenvalue weighted by Crippen LogP contribution is 2.25. The molecule has 3 heteroatoms. The van der Waals surface area contributed by atoms with Crippen molar-refractivity contribution in [3.63, 3.8) is 0 Å². The van der Waals surface area contributed by atoms with Gasteiger partial charge in [0, 0.05) is 6.54 Å². The normalized spacial score (nSPS) is 14.4. The van der Waals surface area contributed by atoms with Gasteiger partial charge in [-0.1, -0.05) is 12.1 Å². The molecule has 0 saturated heterocycles. The second kappa shape index (κ2) is 5.12. The van der Waals surface area contributed by atoms with Gasteiger partial charge in [-0.2, -0.15) is 0 Å². The molecule has 0 saturated carbocycles. The smallest absolute Gasteiger partial charge is 0.133 e. The minimum absolute atomic E-state index is 0.480. The first-order chi connectivity index (χ1) is 7.79. The van der Waals surface area contributed by atoms with Crippen molar-refractivity contribution in [3.05, 3.63) is 29.3 Å². The van der Waals surface area contributed by atoms with Crippen molar-refractivity contribution in [3.8, 4) is 5.75 Å². The molecule has 16 heavy (non-hydrogen) atoms. The summed E-state index contributed by atoms with van der Waals surface area (Å²) >= 11 is 0. The van der Waals surface area contributed by atoms with Crippen LogP contribution in [0.4, 0.5) is 0 Å². The number of rotatable bonds is 4. The predicted octanol–water partition coefficient (Wildman–Crippen LogP) is 1.64. The van der Waals surface area contributed by atoms with Gasteiger partial charge in [-0.25, -0.2) is 0 Å². The number of nitrogens with zero attached hydrogens (tertiary/aromatic N) is 1. The molecule has 0 aliphatic carbocycles. The van der Waals surface area contributed by atoms with E-state index >= 15 is 0 Å². The van der Waals surface area contributed by atoms with Gasteiger partial charge in [-0.15, -0.1) is 0 Å². The van der Waals surface area contributed by atoms with E-state index in [0.29, 0.717) is 6.54 Å². The van der Waals surface area contributed by atoms with Gasteiger partial charge >= 0.3 is 0 Å². The lowest BCUT2D eigenvalue weighted by Crippen LogP contribution is -2.20. The van der Waals surface area contributed by atoms with Crippen molar-refractivity contribution in [1.29, 1.82) is 0 Å². The van der Waals surface area contributed by atoms with Crippen LogP contribution in [0.25, 0.3) is 0 Å². The van der Waals surface area contributed by atoms with E-state index in [1.165, 1.54) is 11.1 Å². The molecule has 2 rings (SSSR count). The molecule has 0 spiro atoms. The van der Waals surface area contributed by atoms with Gasteiger partial charge < -0.3 is 9.53 Å². The van der Waals surface area contributed by atoms with Crippen LogP contribution < -0.4 is 4.74 Å². The molecule has 0 atom stereocenters. The average Bonchev–Trinajstić information content (AvgIpc) is 2.29. The molecular formula is C13H17NO2. The largest absolute Gasteiger partial charge is 0.493 e. The van der Waals surface area contributed by atoms with E-state index in [4.69, 9.17) is 4.74 Å². The second-order valence-corrected chi connectivity index (χ2v) is 4.26. The maximum absolute atomic E-state index is 10.4. The number of carbonyl (C=O) groups excluding carboxylic acids is 1. The molecule has 0 amide bonds. The Kier molecular flexibility index (Phi) is 3.57. The molecule has 0 unspecified atom stereocenters. The number of carbonyl (C=O) groups is 1. The number of likely N-dealkylation sites (N-methyl/N-ethyl adjacent to an activating group) is 1. The van der Waals surface area contributed by atoms with Crippen molar-refractivity contribution in [2.45, 2.75) is 19.4 Å². The molecular weight excluding hydrogens is 202 g/mol. The summed E-state index contributed by atoms with van der Waals surface area (Å²) in [4.78, 5) is 12.4. The minimum Gasteiger partial charge on any atom is -0.493 e. The van der Waals surface area contributed by atoms with Crippen LogP contribution in [0.2, 0.25) is 0 Å². The Hall–Kier alpha value is -1.35. The van der Waals surface area contributed by atoms with Crippen LogP contribution in [0, 0.1) is 0 Å². The van der Waals surface area contributed by atoms with E-state index in [9.17, 15) is 4.79 Å². The van der Waals surface area contributed by atoms with Crippen LogP contribution >= 0.6 is 0 Å². The zero-order valence-corrected chi connectivity index (χ0v) is 9.61. The Morgan fingerprint density at radius 2 is 2.38 bits per heavy atom. The lowest BCUT2D eigenvalue weighted by atomic mass is 10.0. The highest BCUT2D eigenvalue weighted by molar-refractivity contribution is 5.51. The fraction of sp³-hybridized carbons (Fsp3) is 0.462. The molecule has 86 valence electrons. The number of hydrogen-bond acceptors (Lipinski definition) is 3. The van der Waals surface area contributed by atoms with Gasteiger partial charge in [-0.3, -0.25) is 4.90 Å². The SMILES string of the molecule is CN(CC=O)Cc1ccc2c(c1)CCCO2. The third kappa shape index (κ3) is 2.61. The second-order valence-electron chi connectivity index (χ2n) is 4.26. The van der Waals surface area contributed by atoms with E-state index in [1.54, 1.807) is 0 Å². The number of aldehydes is 1. The fourth-order valence-corrected chi connectivity index (χ4v) is 2.02. The van der Waals surface area contributed by atoms with Crippen LogP contribution in [-0.2, 0) is 17.8 Å². The molecule has 0 radical (unpaired) electrons. The summed E-state index contributed by atoms with van der Waals surface area (Å²) in [6.07, 6.45) is 3.13. The molecule has 0 N–H and O–H groups in total. The number of fused-ring (bicyclic) bond motifs is 1. The van der Waals surface area contributed by atoms with E-state index in [1.807, 2.05) is 18.0 Å². The van der Waals surface area contributed by atoms with Gasteiger partial charge in [0.2, 0.25) is 0 Å². The Labute approximate surface area is 96.0 Å². The summed E-state index contributed by atoms with van der Waals surface area (Å²) in [5.41, 5.74) is 2.54. The Bertz CT molecular complexity index is 376. The Morgan fingerprint density at radius 3 is 3.19 bits per heavy atom. The van der Waals surface area contributed by atoms with Gasteiger partial charge in [-0.05, 0) is 37.1 Å². The molecule has 1 aromatic carbocycles. The minimum atomic E-state index is 0.480. The maximum atomic E-state index is 10.4. The first-order valence-corrected chi connectivity index (χ1v) is 5.66. The first-order valence-electron chi connectivity index (χ1n) is 5.66. The summed E-state index contributed by atoms with van der Waals surface area (Å²) in [7, 11) is 1.95. The van der Waals surface area contributed by atoms with Crippen LogP contribution in [0.5, 0.6) is 5.75 Å². The molecule has 0 aromatic heterocycles. The van der Waals surface area contributed by atoms with E-state index in [0.717, 1.165) is 38.0 Å². The van der Waals surface area contributed by atoms with Crippen molar-refractivity contribution in [2.75, 3.05) is 20.2 Å². The van der Waals surface area contributed by atoms with Crippen LogP contribution in [0.3, 0.4) is 0 Å². The van der Waals surface area contributed by atoms with Crippen molar-refractivity contribution in [1.82, 2.24) is 4.90 Å². The first kappa shape index (κ1) is 11.1. The van der Waals surface area contributed by atoms with E-state index in [2.05, 4.69) is 12.1 Å². The molecule has 0 fully saturated rings. The highest BCUT2D eigenvalue weighted by Gasteiger charge is 2.10. The molecule has 0 bridgehead atoms. The summed E-state index contributed by atoms with van der Waals surface area (Å²) in [5, 5.41) is 0. The highest BCUT2D eigenvalue weighted by atomic mass is 16.5. The summed E-state index contributed by atoms with van der Waals surface area (Å²) in [5.74, 6) is 1.02. The maximum Gasteiger partial charge on any atom is 0.133 e. The lowest BCUT2D eigenvalue weighted by molar-refractivity contribution is -0.108. The summed E-state index contributed by atoms with van der Waals surface area (Å²) in [6, 6.07) is 6.31. The van der Waals surface area contributed by atoms with E-state index < -0.39 is 0 Å². The molecule has 1 aliphatic heterocycles. The average molecular weight is 219 g/mol. The molecule has 3 nitrogen and oxygen atoms in total. The quantitative estimate of drug-likeness (QED) is 0.721. The van der Waals surface area contributed by atoms with Crippen molar-refractivity contribution >= 4 is 6.29 Å². The summed E-state index contributed by atoms with van der Waals surface area (Å²) < 4.78 is 5.56. The zero-order chi connectivity index (χ0) is 11.4. The number of ether oxygens (including phenoxy) is 1. The van der Waals surface area contributed by atoms with Crippen LogP contribution in [-0.4, -0.2) is 31.4 Å². The third-order valence-corrected chi connectivity index (χ3v) is 2.81. The van der Waals surface area contributed by atoms with Gasteiger partial charge in [0.25, 0.3) is 0 Å². The monoisotopic (exact) mass is 219 g/mol. The van der Waals surface area contributed by atoms with Crippen LogP contribution in [0.15, 0.2) is 18.2 Å². The zero-order valence-electron chi connectivity index (χ0n) is 9.61. The molecule has 1 aliphatic rings. The Balaban J connectivity index is 2.08. The number of hydrogen-bond donors (Lipinski definition) is 0. The van der Waals surface area contributed by atoms with Gasteiger partial charge in [0.15, 0.2) is 0 Å². The van der Waals surface area contributed by atoms with Crippen molar-refractivity contribution in [2.24, 2.45) is 0 Å². The molecule has 1 aromatic rings. The standard InChI is InChI=1S/C13H17NO2/c1-14(6-7-15)10-11-4-5-13-12(9-11)3-2-8-16-13/h4-5,7,9H,2-3,6,8,10H2,1H3. The topological polar surface area (TPSA) is 29.5 Å².